The molecule has 0 spiro atoms. The molecule has 240 valence electrons. The molecule has 3 aromatic rings. The third-order valence-corrected chi connectivity index (χ3v) is 10.2. The van der Waals surface area contributed by atoms with Crippen LogP contribution in [-0.4, -0.2) is 80.2 Å². The number of sulfonamides is 1. The van der Waals surface area contributed by atoms with E-state index in [1.165, 1.54) is 0 Å². The molecule has 0 unspecified atom stereocenters. The van der Waals surface area contributed by atoms with E-state index >= 15 is 0 Å². The van der Waals surface area contributed by atoms with Crippen LogP contribution in [0, 0.1) is 11.6 Å². The molecule has 0 aliphatic carbocycles. The van der Waals surface area contributed by atoms with E-state index in [0.717, 1.165) is 35.1 Å². The molecule has 15 heteroatoms. The molecule has 0 saturated carbocycles. The maximum absolute atomic E-state index is 13.9. The summed E-state index contributed by atoms with van der Waals surface area (Å²) in [7, 11) is -4.31. The molecule has 2 amide bonds. The Kier molecular flexibility index (Phi) is 8.37. The second-order valence-corrected chi connectivity index (χ2v) is 14.0. The molecule has 0 radical (unpaired) electrons. The topological polar surface area (TPSA) is 149 Å². The van der Waals surface area contributed by atoms with Gasteiger partial charge in [0.15, 0.2) is 5.82 Å². The van der Waals surface area contributed by atoms with Gasteiger partial charge in [-0.15, -0.1) is 0 Å². The third-order valence-electron chi connectivity index (χ3n) is 8.41. The van der Waals surface area contributed by atoms with Gasteiger partial charge >= 0.3 is 0 Å². The predicted octanol–water partition coefficient (Wildman–Crippen LogP) is 2.95. The fourth-order valence-electron chi connectivity index (χ4n) is 6.09. The van der Waals surface area contributed by atoms with Crippen LogP contribution in [0.1, 0.15) is 48.3 Å². The van der Waals surface area contributed by atoms with Crippen molar-refractivity contribution in [2.24, 2.45) is 0 Å². The van der Waals surface area contributed by atoms with E-state index in [9.17, 15) is 26.8 Å². The number of aromatic amines is 1. The summed E-state index contributed by atoms with van der Waals surface area (Å²) in [6, 6.07) is 6.99. The van der Waals surface area contributed by atoms with E-state index in [0.29, 0.717) is 55.7 Å². The van der Waals surface area contributed by atoms with Gasteiger partial charge in [-0.1, -0.05) is 13.8 Å². The van der Waals surface area contributed by atoms with Gasteiger partial charge in [0.25, 0.3) is 5.91 Å². The minimum absolute atomic E-state index is 0.00439. The van der Waals surface area contributed by atoms with Crippen molar-refractivity contribution in [3.8, 4) is 0 Å². The van der Waals surface area contributed by atoms with Crippen molar-refractivity contribution >= 4 is 39.0 Å². The van der Waals surface area contributed by atoms with E-state index in [-0.39, 0.29) is 36.4 Å². The molecule has 12 nitrogen and oxygen atoms in total. The number of amides is 2. The summed E-state index contributed by atoms with van der Waals surface area (Å²) in [4.78, 5) is 28.4. The SMILES string of the molecule is CC1(C)CN(S(=O)(=O)c2cc(F)cc(F)c2)Cc2c(NC(=O)c3ccc(N4CCOCC4)cc3NC(=O)[C@H]3CCCN3)n[nH]c21. The number of nitrogens with one attached hydrogen (secondary N) is 4. The van der Waals surface area contributed by atoms with Gasteiger partial charge in [-0.2, -0.15) is 9.40 Å². The van der Waals surface area contributed by atoms with Gasteiger partial charge in [0.05, 0.1) is 35.4 Å². The molecule has 2 fully saturated rings. The smallest absolute Gasteiger partial charge is 0.258 e. The summed E-state index contributed by atoms with van der Waals surface area (Å²) < 4.78 is 61.5. The first kappa shape index (κ1) is 31.1. The Morgan fingerprint density at radius 2 is 1.80 bits per heavy atom. The molecule has 3 aliphatic rings. The van der Waals surface area contributed by atoms with Crippen molar-refractivity contribution < 1.29 is 31.5 Å². The second-order valence-electron chi connectivity index (χ2n) is 12.1. The molecule has 0 bridgehead atoms. The minimum atomic E-state index is -4.31. The molecule has 1 aromatic heterocycles. The lowest BCUT2D eigenvalue weighted by molar-refractivity contribution is -0.117. The summed E-state index contributed by atoms with van der Waals surface area (Å²) in [5.41, 5.74) is 1.62. The van der Waals surface area contributed by atoms with Gasteiger partial charge in [0.1, 0.15) is 11.6 Å². The highest BCUT2D eigenvalue weighted by Crippen LogP contribution is 2.38. The number of ether oxygens (including phenoxy) is 1. The largest absolute Gasteiger partial charge is 0.378 e. The van der Waals surface area contributed by atoms with Gasteiger partial charge in [-0.05, 0) is 49.7 Å². The molecule has 2 aromatic carbocycles. The Bertz CT molecular complexity index is 1710. The Morgan fingerprint density at radius 3 is 2.49 bits per heavy atom. The Labute approximate surface area is 259 Å². The molecule has 1 atom stereocenters. The van der Waals surface area contributed by atoms with Crippen LogP contribution in [0.25, 0.3) is 0 Å². The quantitative estimate of drug-likeness (QED) is 0.307. The average Bonchev–Trinajstić information content (AvgIpc) is 3.68. The number of morpholine rings is 1. The number of benzene rings is 2. The minimum Gasteiger partial charge on any atom is -0.378 e. The van der Waals surface area contributed by atoms with E-state index < -0.39 is 37.9 Å². The number of nitrogens with zero attached hydrogens (tertiary/aromatic N) is 3. The number of hydrogen-bond acceptors (Lipinski definition) is 8. The zero-order valence-corrected chi connectivity index (χ0v) is 25.8. The average molecular weight is 644 g/mol. The number of rotatable bonds is 7. The highest BCUT2D eigenvalue weighted by atomic mass is 32.2. The van der Waals surface area contributed by atoms with Crippen molar-refractivity contribution in [1.82, 2.24) is 19.8 Å². The van der Waals surface area contributed by atoms with Gasteiger partial charge in [0, 0.05) is 54.6 Å². The van der Waals surface area contributed by atoms with Gasteiger partial charge in [-0.25, -0.2) is 17.2 Å². The van der Waals surface area contributed by atoms with Crippen LogP contribution in [0.15, 0.2) is 41.3 Å². The summed E-state index contributed by atoms with van der Waals surface area (Å²) in [6.45, 7) is 6.62. The molecule has 45 heavy (non-hydrogen) atoms. The van der Waals surface area contributed by atoms with Crippen LogP contribution in [0.4, 0.5) is 26.0 Å². The van der Waals surface area contributed by atoms with Gasteiger partial charge in [-0.3, -0.25) is 14.7 Å². The Hall–Kier alpha value is -3.92. The number of hydrogen-bond donors (Lipinski definition) is 4. The summed E-state index contributed by atoms with van der Waals surface area (Å²) in [5, 5.41) is 16.1. The molecule has 4 heterocycles. The molecule has 2 saturated heterocycles. The van der Waals surface area contributed by atoms with Crippen molar-refractivity contribution in [3.63, 3.8) is 0 Å². The number of halogens is 2. The van der Waals surface area contributed by atoms with Crippen molar-refractivity contribution in [3.05, 3.63) is 64.9 Å². The zero-order valence-electron chi connectivity index (χ0n) is 25.0. The van der Waals surface area contributed by atoms with Gasteiger partial charge in [0.2, 0.25) is 15.9 Å². The standard InChI is InChI=1S/C30H35F2N7O5S/c1-30(2)17-39(45(42,43)21-13-18(31)12-19(32)14-21)16-23-26(30)36-37-27(23)35-28(40)22-6-5-20(38-8-10-44-11-9-38)15-25(22)34-29(41)24-4-3-7-33-24/h5-6,12-15,24,33H,3-4,7-11,16-17H2,1-2H3,(H,34,41)(H2,35,36,37,40)/t24-/m1/s1. The fourth-order valence-corrected chi connectivity index (χ4v) is 7.70. The van der Waals surface area contributed by atoms with Crippen molar-refractivity contribution in [1.29, 1.82) is 0 Å². The number of aromatic nitrogens is 2. The van der Waals surface area contributed by atoms with E-state index in [4.69, 9.17) is 4.74 Å². The summed E-state index contributed by atoms with van der Waals surface area (Å²) in [6.07, 6.45) is 1.56. The summed E-state index contributed by atoms with van der Waals surface area (Å²) >= 11 is 0. The van der Waals surface area contributed by atoms with Crippen molar-refractivity contribution in [2.45, 2.75) is 49.6 Å². The first-order valence-corrected chi connectivity index (χ1v) is 16.2. The van der Waals surface area contributed by atoms with Crippen molar-refractivity contribution in [2.75, 3.05) is 54.9 Å². The maximum Gasteiger partial charge on any atom is 0.258 e. The normalized spacial score (nSPS) is 20.1. The van der Waals surface area contributed by atoms with Gasteiger partial charge < -0.3 is 25.6 Å². The number of carbonyl (C=O) groups excluding carboxylic acids is 2. The predicted molar refractivity (Wildman–Crippen MR) is 163 cm³/mol. The van der Waals surface area contributed by atoms with Crippen LogP contribution in [0.5, 0.6) is 0 Å². The van der Waals surface area contributed by atoms with E-state index in [1.54, 1.807) is 32.0 Å². The number of fused-ring (bicyclic) bond motifs is 1. The second kappa shape index (κ2) is 12.1. The first-order chi connectivity index (χ1) is 21.4. The number of H-pyrrole nitrogens is 1. The number of anilines is 3. The Balaban J connectivity index is 1.29. The monoisotopic (exact) mass is 643 g/mol. The molecule has 3 aliphatic heterocycles. The molecule has 6 rings (SSSR count). The summed E-state index contributed by atoms with van der Waals surface area (Å²) in [5.74, 6) is -2.70. The number of carbonyl (C=O) groups is 2. The lowest BCUT2D eigenvalue weighted by Crippen LogP contribution is -2.45. The maximum atomic E-state index is 13.9. The van der Waals surface area contributed by atoms with Crippen LogP contribution >= 0.6 is 0 Å². The Morgan fingerprint density at radius 1 is 1.07 bits per heavy atom. The zero-order chi connectivity index (χ0) is 31.9. The van der Waals surface area contributed by atoms with Crippen LogP contribution < -0.4 is 20.9 Å². The highest BCUT2D eigenvalue weighted by Gasteiger charge is 2.41. The lowest BCUT2D eigenvalue weighted by Gasteiger charge is -2.36. The van der Waals surface area contributed by atoms with Crippen LogP contribution in [0.2, 0.25) is 0 Å². The lowest BCUT2D eigenvalue weighted by atomic mass is 9.84. The van der Waals surface area contributed by atoms with E-state index in [1.807, 2.05) is 0 Å². The highest BCUT2D eigenvalue weighted by molar-refractivity contribution is 7.89. The van der Waals surface area contributed by atoms with E-state index in [2.05, 4.69) is 31.0 Å². The third kappa shape index (κ3) is 6.30. The fraction of sp³-hybridized carbons (Fsp3) is 0.433. The van der Waals surface area contributed by atoms with Crippen LogP contribution in [-0.2, 0) is 31.5 Å². The molecular formula is C30H35F2N7O5S. The molecular weight excluding hydrogens is 608 g/mol. The van der Waals surface area contributed by atoms with Crippen LogP contribution in [0.3, 0.4) is 0 Å². The first-order valence-electron chi connectivity index (χ1n) is 14.8. The molecule has 4 N–H and O–H groups in total.